The minimum Gasteiger partial charge on any atom is -0.496 e. The molecule has 0 spiro atoms. The Morgan fingerprint density at radius 1 is 1.11 bits per heavy atom. The van der Waals surface area contributed by atoms with Crippen molar-refractivity contribution in [1.82, 2.24) is 5.32 Å². The van der Waals surface area contributed by atoms with Crippen LogP contribution in [-0.2, 0) is 23.9 Å². The Hall–Kier alpha value is -3.39. The van der Waals surface area contributed by atoms with Crippen molar-refractivity contribution >= 4 is 29.1 Å². The molecule has 35 heavy (non-hydrogen) atoms. The molecule has 0 unspecified atom stereocenters. The molecule has 0 amide bonds. The number of benzene rings is 1. The molecule has 7 nitrogen and oxygen atoms in total. The average Bonchev–Trinajstić information content (AvgIpc) is 3.38. The molecule has 8 heteroatoms. The Morgan fingerprint density at radius 2 is 1.86 bits per heavy atom. The van der Waals surface area contributed by atoms with E-state index in [2.05, 4.69) is 5.32 Å². The molecule has 1 N–H and O–H groups in total. The van der Waals surface area contributed by atoms with Gasteiger partial charge in [0.1, 0.15) is 11.7 Å². The molecule has 1 aromatic heterocycles. The highest BCUT2D eigenvalue weighted by Crippen LogP contribution is 2.49. The van der Waals surface area contributed by atoms with E-state index in [1.807, 2.05) is 48.0 Å². The molecule has 2 aromatic rings. The molecule has 0 fully saturated rings. The van der Waals surface area contributed by atoms with Gasteiger partial charge in [0.2, 0.25) is 0 Å². The monoisotopic (exact) mass is 495 g/mol. The van der Waals surface area contributed by atoms with Gasteiger partial charge in [-0.25, -0.2) is 4.79 Å². The summed E-state index contributed by atoms with van der Waals surface area (Å²) in [4.78, 5) is 40.4. The zero-order valence-corrected chi connectivity index (χ0v) is 21.1. The lowest BCUT2D eigenvalue weighted by Gasteiger charge is -2.39. The molecule has 0 bridgehead atoms. The summed E-state index contributed by atoms with van der Waals surface area (Å²) < 4.78 is 16.3. The summed E-state index contributed by atoms with van der Waals surface area (Å²) >= 11 is 1.48. The largest absolute Gasteiger partial charge is 0.496 e. The van der Waals surface area contributed by atoms with E-state index in [0.717, 1.165) is 11.1 Å². The van der Waals surface area contributed by atoms with Crippen LogP contribution >= 0.6 is 11.3 Å². The first-order valence-electron chi connectivity index (χ1n) is 11.7. The number of carbonyl (C=O) groups excluding carboxylic acids is 3. The van der Waals surface area contributed by atoms with Crippen LogP contribution in [0.4, 0.5) is 0 Å². The molecule has 3 atom stereocenters. The van der Waals surface area contributed by atoms with Gasteiger partial charge in [0.25, 0.3) is 0 Å². The molecule has 2 aliphatic rings. The molecule has 184 valence electrons. The second-order valence-electron chi connectivity index (χ2n) is 8.41. The van der Waals surface area contributed by atoms with E-state index in [4.69, 9.17) is 14.2 Å². The van der Waals surface area contributed by atoms with Crippen LogP contribution in [0.25, 0.3) is 0 Å². The predicted octanol–water partition coefficient (Wildman–Crippen LogP) is 4.47. The third kappa shape index (κ3) is 4.50. The van der Waals surface area contributed by atoms with Crippen molar-refractivity contribution in [3.8, 4) is 5.75 Å². The van der Waals surface area contributed by atoms with Crippen molar-refractivity contribution in [3.63, 3.8) is 0 Å². The van der Waals surface area contributed by atoms with Gasteiger partial charge in [-0.2, -0.15) is 11.3 Å². The number of rotatable bonds is 7. The fourth-order valence-electron chi connectivity index (χ4n) is 5.05. The SMILES string of the molecule is CCOC(=O)C1=C(C)NC2=C(C(=O)[C@H](C(=O)OCC)[C@@H](c3ccccc3OC)C2)[C@@H]1c1ccsc1. The number of dihydropyridines is 1. The van der Waals surface area contributed by atoms with Gasteiger partial charge in [-0.05, 0) is 61.2 Å². The van der Waals surface area contributed by atoms with Crippen LogP contribution in [0.2, 0.25) is 0 Å². The Kier molecular flexibility index (Phi) is 7.40. The quantitative estimate of drug-likeness (QED) is 0.448. The van der Waals surface area contributed by atoms with Crippen LogP contribution in [0.1, 0.15) is 50.2 Å². The summed E-state index contributed by atoms with van der Waals surface area (Å²) in [6.45, 7) is 5.65. The number of thiophene rings is 1. The maximum atomic E-state index is 14.2. The van der Waals surface area contributed by atoms with Crippen LogP contribution in [0.5, 0.6) is 5.75 Å². The second kappa shape index (κ2) is 10.5. The summed E-state index contributed by atoms with van der Waals surface area (Å²) in [5.41, 5.74) is 3.72. The maximum absolute atomic E-state index is 14.2. The van der Waals surface area contributed by atoms with Gasteiger partial charge in [-0.3, -0.25) is 9.59 Å². The van der Waals surface area contributed by atoms with E-state index >= 15 is 0 Å². The molecule has 4 rings (SSSR count). The number of hydrogen-bond donors (Lipinski definition) is 1. The minimum absolute atomic E-state index is 0.159. The molecular formula is C27H29NO6S. The summed E-state index contributed by atoms with van der Waals surface area (Å²) in [7, 11) is 1.57. The number of esters is 2. The minimum atomic E-state index is -1.06. The summed E-state index contributed by atoms with van der Waals surface area (Å²) in [6.07, 6.45) is 0.388. The normalized spacial score (nSPS) is 21.8. The van der Waals surface area contributed by atoms with Gasteiger partial charge >= 0.3 is 11.9 Å². The third-order valence-electron chi connectivity index (χ3n) is 6.47. The third-order valence-corrected chi connectivity index (χ3v) is 7.17. The Balaban J connectivity index is 1.89. The zero-order chi connectivity index (χ0) is 25.1. The molecule has 1 aromatic carbocycles. The number of para-hydroxylation sites is 1. The van der Waals surface area contributed by atoms with Crippen LogP contribution in [0.15, 0.2) is 63.6 Å². The standard InChI is InChI=1S/C27H29NO6S/c1-5-33-26(30)21-15(3)28-19-13-18(17-9-7-8-10-20(17)32-4)23(27(31)34-6-2)25(29)24(19)22(21)16-11-12-35-14-16/h7-12,14,18,22-23,28H,5-6,13H2,1-4H3/t18-,22-,23-/m1/s1. The zero-order valence-electron chi connectivity index (χ0n) is 20.3. The Morgan fingerprint density at radius 3 is 2.51 bits per heavy atom. The highest BCUT2D eigenvalue weighted by molar-refractivity contribution is 7.08. The number of methoxy groups -OCH3 is 1. The first-order valence-corrected chi connectivity index (χ1v) is 12.6. The van der Waals surface area contributed by atoms with Gasteiger partial charge in [-0.15, -0.1) is 0 Å². The van der Waals surface area contributed by atoms with Crippen molar-refractivity contribution < 1.29 is 28.6 Å². The Bertz CT molecular complexity index is 1200. The highest BCUT2D eigenvalue weighted by atomic mass is 32.1. The van der Waals surface area contributed by atoms with E-state index in [0.29, 0.717) is 34.7 Å². The topological polar surface area (TPSA) is 90.9 Å². The molecule has 1 aliphatic carbocycles. The van der Waals surface area contributed by atoms with Crippen molar-refractivity contribution in [1.29, 1.82) is 0 Å². The number of Topliss-reactive ketones (excluding diaryl/α,β-unsaturated/α-hetero) is 1. The first kappa shape index (κ1) is 24.7. The lowest BCUT2D eigenvalue weighted by atomic mass is 9.67. The Labute approximate surface area is 208 Å². The fraction of sp³-hybridized carbons (Fsp3) is 0.370. The highest BCUT2D eigenvalue weighted by Gasteiger charge is 2.49. The van der Waals surface area contributed by atoms with Crippen molar-refractivity contribution in [3.05, 3.63) is 74.8 Å². The number of ether oxygens (including phenoxy) is 3. The summed E-state index contributed by atoms with van der Waals surface area (Å²) in [5, 5.41) is 7.14. The van der Waals surface area contributed by atoms with Crippen LogP contribution in [-0.4, -0.2) is 38.0 Å². The van der Waals surface area contributed by atoms with Gasteiger partial charge in [-0.1, -0.05) is 18.2 Å². The number of ketones is 1. The maximum Gasteiger partial charge on any atom is 0.336 e. The predicted molar refractivity (Wildman–Crippen MR) is 132 cm³/mol. The number of allylic oxidation sites excluding steroid dienone is 3. The van der Waals surface area contributed by atoms with E-state index in [1.165, 1.54) is 11.3 Å². The number of carbonyl (C=O) groups is 3. The lowest BCUT2D eigenvalue weighted by Crippen LogP contribution is -2.43. The van der Waals surface area contributed by atoms with Crippen LogP contribution in [0.3, 0.4) is 0 Å². The van der Waals surface area contributed by atoms with E-state index < -0.39 is 29.7 Å². The number of nitrogens with one attached hydrogen (secondary N) is 1. The van der Waals surface area contributed by atoms with Gasteiger partial charge in [0.15, 0.2) is 5.78 Å². The fourth-order valence-corrected chi connectivity index (χ4v) is 5.74. The van der Waals surface area contributed by atoms with Crippen molar-refractivity contribution in [2.24, 2.45) is 5.92 Å². The summed E-state index contributed by atoms with van der Waals surface area (Å²) in [6, 6.07) is 9.30. The second-order valence-corrected chi connectivity index (χ2v) is 9.19. The average molecular weight is 496 g/mol. The van der Waals surface area contributed by atoms with Crippen LogP contribution < -0.4 is 10.1 Å². The van der Waals surface area contributed by atoms with Gasteiger partial charge < -0.3 is 19.5 Å². The molecule has 0 saturated heterocycles. The van der Waals surface area contributed by atoms with Crippen molar-refractivity contribution in [2.75, 3.05) is 20.3 Å². The molecule has 0 saturated carbocycles. The molecule has 2 heterocycles. The van der Waals surface area contributed by atoms with Gasteiger partial charge in [0, 0.05) is 28.8 Å². The lowest BCUT2D eigenvalue weighted by molar-refractivity contribution is -0.152. The molecule has 0 radical (unpaired) electrons. The number of hydrogen-bond acceptors (Lipinski definition) is 8. The smallest absolute Gasteiger partial charge is 0.336 e. The van der Waals surface area contributed by atoms with E-state index in [1.54, 1.807) is 21.0 Å². The summed E-state index contributed by atoms with van der Waals surface area (Å²) in [5.74, 6) is -2.97. The molecule has 1 aliphatic heterocycles. The van der Waals surface area contributed by atoms with E-state index in [-0.39, 0.29) is 19.0 Å². The molecular weight excluding hydrogens is 466 g/mol. The van der Waals surface area contributed by atoms with E-state index in [9.17, 15) is 14.4 Å². The van der Waals surface area contributed by atoms with Crippen LogP contribution in [0, 0.1) is 5.92 Å². The van der Waals surface area contributed by atoms with Crippen molar-refractivity contribution in [2.45, 2.75) is 39.0 Å². The van der Waals surface area contributed by atoms with Gasteiger partial charge in [0.05, 0.1) is 25.9 Å². The first-order chi connectivity index (χ1) is 16.9.